The quantitative estimate of drug-likeness (QED) is 0.722. The molecular weight excluding hydrogens is 268 g/mol. The average Bonchev–Trinajstić information content (AvgIpc) is 2.52. The minimum atomic E-state index is -0.551. The van der Waals surface area contributed by atoms with Crippen LogP contribution >= 0.6 is 0 Å². The largest absolute Gasteiger partial charge is 0.497 e. The van der Waals surface area contributed by atoms with Gasteiger partial charge in [0.25, 0.3) is 0 Å². The summed E-state index contributed by atoms with van der Waals surface area (Å²) in [5.74, 6) is 0.756. The lowest BCUT2D eigenvalue weighted by molar-refractivity contribution is 0.415. The second-order valence-corrected chi connectivity index (χ2v) is 4.53. The lowest BCUT2D eigenvalue weighted by Crippen LogP contribution is -2.10. The second kappa shape index (κ2) is 5.20. The molecule has 1 aromatic heterocycles. The van der Waals surface area contributed by atoms with Gasteiger partial charge in [-0.25, -0.2) is 4.79 Å². The smallest absolute Gasteiger partial charge is 0.361 e. The molecule has 0 saturated heterocycles. The molecule has 0 amide bonds. The number of hydrogen-bond donors (Lipinski definition) is 2. The molecule has 0 radical (unpaired) electrons. The molecule has 3 N–H and O–H groups in total. The Balaban J connectivity index is 2.10. The van der Waals surface area contributed by atoms with E-state index in [1.165, 1.54) is 0 Å². The lowest BCUT2D eigenvalue weighted by Gasteiger charge is -2.11. The summed E-state index contributed by atoms with van der Waals surface area (Å²) >= 11 is 0. The van der Waals surface area contributed by atoms with Crippen LogP contribution in [-0.2, 0) is 0 Å². The molecule has 5 nitrogen and oxygen atoms in total. The Hall–Kier alpha value is -2.95. The van der Waals surface area contributed by atoms with Crippen LogP contribution in [0.1, 0.15) is 0 Å². The minimum absolute atomic E-state index is 0.0597. The standard InChI is InChI=1S/C16H14N2O3/c1-20-11-8-6-10(7-9-11)18-15-12-4-2-3-5-13(12)21-16(19)14(15)17/h2-9,18H,17H2,1H3. The first-order chi connectivity index (χ1) is 10.2. The van der Waals surface area contributed by atoms with E-state index in [0.29, 0.717) is 11.3 Å². The lowest BCUT2D eigenvalue weighted by atomic mass is 10.1. The van der Waals surface area contributed by atoms with Gasteiger partial charge in [-0.3, -0.25) is 0 Å². The highest BCUT2D eigenvalue weighted by Gasteiger charge is 2.11. The maximum absolute atomic E-state index is 11.8. The van der Waals surface area contributed by atoms with Crippen LogP contribution < -0.4 is 21.4 Å². The van der Waals surface area contributed by atoms with Gasteiger partial charge in [0.15, 0.2) is 0 Å². The maximum Gasteiger partial charge on any atom is 0.361 e. The maximum atomic E-state index is 11.8. The van der Waals surface area contributed by atoms with E-state index in [2.05, 4.69) is 5.32 Å². The number of nitrogen functional groups attached to an aromatic ring is 1. The van der Waals surface area contributed by atoms with Gasteiger partial charge in [-0.05, 0) is 36.4 Å². The van der Waals surface area contributed by atoms with Gasteiger partial charge in [0, 0.05) is 11.1 Å². The van der Waals surface area contributed by atoms with Gasteiger partial charge in [-0.1, -0.05) is 12.1 Å². The van der Waals surface area contributed by atoms with Crippen LogP contribution in [0.2, 0.25) is 0 Å². The first-order valence-electron chi connectivity index (χ1n) is 6.41. The monoisotopic (exact) mass is 282 g/mol. The number of ether oxygens (including phenoxy) is 1. The Labute approximate surface area is 121 Å². The molecule has 0 bridgehead atoms. The topological polar surface area (TPSA) is 77.5 Å². The van der Waals surface area contributed by atoms with Crippen LogP contribution in [0.3, 0.4) is 0 Å². The van der Waals surface area contributed by atoms with Crippen molar-refractivity contribution in [3.63, 3.8) is 0 Å². The van der Waals surface area contributed by atoms with Crippen LogP contribution in [0.4, 0.5) is 17.1 Å². The Morgan fingerprint density at radius 2 is 1.81 bits per heavy atom. The number of rotatable bonds is 3. The predicted octanol–water partition coefficient (Wildman–Crippen LogP) is 3.13. The second-order valence-electron chi connectivity index (χ2n) is 4.53. The molecule has 0 aliphatic carbocycles. The van der Waals surface area contributed by atoms with Gasteiger partial charge in [-0.15, -0.1) is 0 Å². The molecule has 0 fully saturated rings. The Bertz CT molecular complexity index is 838. The Morgan fingerprint density at radius 1 is 1.10 bits per heavy atom. The number of benzene rings is 2. The molecule has 3 aromatic rings. The van der Waals surface area contributed by atoms with E-state index in [4.69, 9.17) is 14.9 Å². The summed E-state index contributed by atoms with van der Waals surface area (Å²) in [5, 5.41) is 3.92. The molecule has 0 aliphatic rings. The van der Waals surface area contributed by atoms with Crippen molar-refractivity contribution in [1.29, 1.82) is 0 Å². The van der Waals surface area contributed by atoms with Crippen molar-refractivity contribution in [1.82, 2.24) is 0 Å². The molecule has 0 saturated carbocycles. The normalized spacial score (nSPS) is 10.5. The fraction of sp³-hybridized carbons (Fsp3) is 0.0625. The number of nitrogens with two attached hydrogens (primary N) is 1. The third kappa shape index (κ3) is 2.41. The summed E-state index contributed by atoms with van der Waals surface area (Å²) in [6.07, 6.45) is 0. The third-order valence-corrected chi connectivity index (χ3v) is 3.21. The van der Waals surface area contributed by atoms with Gasteiger partial charge < -0.3 is 20.2 Å². The number of fused-ring (bicyclic) bond motifs is 1. The molecule has 3 rings (SSSR count). The van der Waals surface area contributed by atoms with Crippen molar-refractivity contribution in [3.05, 3.63) is 59.0 Å². The summed E-state index contributed by atoms with van der Waals surface area (Å²) in [5.41, 5.74) is 7.21. The highest BCUT2D eigenvalue weighted by Crippen LogP contribution is 2.30. The number of anilines is 3. The summed E-state index contributed by atoms with van der Waals surface area (Å²) in [6.45, 7) is 0. The van der Waals surface area contributed by atoms with Gasteiger partial charge in [0.05, 0.1) is 12.8 Å². The molecule has 5 heteroatoms. The van der Waals surface area contributed by atoms with Crippen LogP contribution in [0.15, 0.2) is 57.7 Å². The zero-order valence-corrected chi connectivity index (χ0v) is 11.4. The van der Waals surface area contributed by atoms with E-state index in [1.807, 2.05) is 36.4 Å². The molecule has 0 spiro atoms. The summed E-state index contributed by atoms with van der Waals surface area (Å²) in [4.78, 5) is 11.8. The van der Waals surface area contributed by atoms with E-state index in [9.17, 15) is 4.79 Å². The fourth-order valence-corrected chi connectivity index (χ4v) is 2.12. The highest BCUT2D eigenvalue weighted by atomic mass is 16.5. The molecule has 0 atom stereocenters. The number of para-hydroxylation sites is 1. The predicted molar refractivity (Wildman–Crippen MR) is 83.2 cm³/mol. The van der Waals surface area contributed by atoms with Gasteiger partial charge in [-0.2, -0.15) is 0 Å². The van der Waals surface area contributed by atoms with Gasteiger partial charge in [0.2, 0.25) is 0 Å². The minimum Gasteiger partial charge on any atom is -0.497 e. The molecule has 0 aliphatic heterocycles. The van der Waals surface area contributed by atoms with E-state index in [-0.39, 0.29) is 5.69 Å². The van der Waals surface area contributed by atoms with E-state index in [0.717, 1.165) is 16.8 Å². The molecular formula is C16H14N2O3. The summed E-state index contributed by atoms with van der Waals surface area (Å²) in [7, 11) is 1.61. The molecule has 1 heterocycles. The van der Waals surface area contributed by atoms with Crippen LogP contribution in [-0.4, -0.2) is 7.11 Å². The van der Waals surface area contributed by atoms with Crippen molar-refractivity contribution in [3.8, 4) is 5.75 Å². The van der Waals surface area contributed by atoms with E-state index >= 15 is 0 Å². The van der Waals surface area contributed by atoms with Crippen LogP contribution in [0.5, 0.6) is 5.75 Å². The van der Waals surface area contributed by atoms with Crippen molar-refractivity contribution < 1.29 is 9.15 Å². The van der Waals surface area contributed by atoms with Crippen LogP contribution in [0, 0.1) is 0 Å². The van der Waals surface area contributed by atoms with Crippen molar-refractivity contribution in [2.24, 2.45) is 0 Å². The first kappa shape index (κ1) is 13.1. The number of methoxy groups -OCH3 is 1. The zero-order chi connectivity index (χ0) is 14.8. The summed E-state index contributed by atoms with van der Waals surface area (Å²) < 4.78 is 10.3. The fourth-order valence-electron chi connectivity index (χ4n) is 2.12. The SMILES string of the molecule is COc1ccc(Nc2c(N)c(=O)oc3ccccc23)cc1. The molecule has 21 heavy (non-hydrogen) atoms. The van der Waals surface area contributed by atoms with Gasteiger partial charge in [0.1, 0.15) is 17.0 Å². The third-order valence-electron chi connectivity index (χ3n) is 3.21. The van der Waals surface area contributed by atoms with E-state index in [1.54, 1.807) is 19.2 Å². The van der Waals surface area contributed by atoms with Crippen molar-refractivity contribution in [2.75, 3.05) is 18.2 Å². The first-order valence-corrected chi connectivity index (χ1v) is 6.41. The van der Waals surface area contributed by atoms with Crippen LogP contribution in [0.25, 0.3) is 11.0 Å². The number of hydrogen-bond acceptors (Lipinski definition) is 5. The van der Waals surface area contributed by atoms with Gasteiger partial charge >= 0.3 is 5.63 Å². The van der Waals surface area contributed by atoms with Crippen molar-refractivity contribution >= 4 is 28.0 Å². The zero-order valence-electron chi connectivity index (χ0n) is 11.4. The number of nitrogens with one attached hydrogen (secondary N) is 1. The molecule has 2 aromatic carbocycles. The average molecular weight is 282 g/mol. The van der Waals surface area contributed by atoms with Crippen molar-refractivity contribution in [2.45, 2.75) is 0 Å². The Morgan fingerprint density at radius 3 is 2.52 bits per heavy atom. The molecule has 106 valence electrons. The van der Waals surface area contributed by atoms with E-state index < -0.39 is 5.63 Å². The molecule has 0 unspecified atom stereocenters. The Kier molecular flexibility index (Phi) is 3.23. The summed E-state index contributed by atoms with van der Waals surface area (Å²) in [6, 6.07) is 14.6. The highest BCUT2D eigenvalue weighted by molar-refractivity contribution is 5.97.